The van der Waals surface area contributed by atoms with Gasteiger partial charge in [-0.05, 0) is 25.1 Å². The van der Waals surface area contributed by atoms with E-state index >= 15 is 0 Å². The average molecular weight is 297 g/mol. The zero-order valence-electron chi connectivity index (χ0n) is 12.0. The van der Waals surface area contributed by atoms with Crippen molar-refractivity contribution in [2.24, 2.45) is 5.73 Å². The van der Waals surface area contributed by atoms with Gasteiger partial charge in [-0.3, -0.25) is 14.9 Å². The van der Waals surface area contributed by atoms with E-state index in [2.05, 4.69) is 5.32 Å². The molecule has 0 aromatic heterocycles. The van der Waals surface area contributed by atoms with E-state index in [0.717, 1.165) is 6.42 Å². The lowest BCUT2D eigenvalue weighted by molar-refractivity contribution is -0.386. The van der Waals surface area contributed by atoms with Crippen LogP contribution in [0.4, 0.5) is 5.69 Å². The Morgan fingerprint density at radius 3 is 2.76 bits per heavy atom. The summed E-state index contributed by atoms with van der Waals surface area (Å²) < 4.78 is 10.3. The van der Waals surface area contributed by atoms with Crippen molar-refractivity contribution in [1.82, 2.24) is 5.32 Å². The molecule has 0 aliphatic carbocycles. The molecule has 1 aromatic rings. The maximum Gasteiger partial charge on any atom is 0.314 e. The van der Waals surface area contributed by atoms with Gasteiger partial charge in [0.15, 0.2) is 5.75 Å². The van der Waals surface area contributed by atoms with E-state index in [1.165, 1.54) is 19.2 Å². The number of carbonyl (C=O) groups is 1. The number of nitrogens with two attached hydrogens (primary N) is 1. The van der Waals surface area contributed by atoms with Crippen molar-refractivity contribution < 1.29 is 19.2 Å². The number of primary amides is 1. The lowest BCUT2D eigenvalue weighted by Crippen LogP contribution is -2.45. The van der Waals surface area contributed by atoms with Crippen molar-refractivity contribution in [3.8, 4) is 11.5 Å². The smallest absolute Gasteiger partial charge is 0.314 e. The van der Waals surface area contributed by atoms with Crippen LogP contribution in [0.25, 0.3) is 0 Å². The van der Waals surface area contributed by atoms with Crippen molar-refractivity contribution >= 4 is 11.6 Å². The third-order valence-corrected chi connectivity index (χ3v) is 2.75. The second-order valence-electron chi connectivity index (χ2n) is 4.31. The summed E-state index contributed by atoms with van der Waals surface area (Å²) >= 11 is 0. The minimum atomic E-state index is -0.702. The zero-order valence-corrected chi connectivity index (χ0v) is 12.0. The number of benzene rings is 1. The molecule has 1 amide bonds. The zero-order chi connectivity index (χ0) is 15.8. The van der Waals surface area contributed by atoms with E-state index in [1.807, 2.05) is 6.92 Å². The fraction of sp³-hybridized carbons (Fsp3) is 0.462. The summed E-state index contributed by atoms with van der Waals surface area (Å²) in [5.41, 5.74) is 5.02. The molecule has 1 aromatic carbocycles. The Labute approximate surface area is 122 Å². The number of ether oxygens (including phenoxy) is 2. The fourth-order valence-electron chi connectivity index (χ4n) is 1.62. The van der Waals surface area contributed by atoms with Gasteiger partial charge in [-0.1, -0.05) is 6.92 Å². The van der Waals surface area contributed by atoms with E-state index in [1.54, 1.807) is 6.07 Å². The van der Waals surface area contributed by atoms with E-state index in [9.17, 15) is 14.9 Å². The van der Waals surface area contributed by atoms with Gasteiger partial charge < -0.3 is 20.5 Å². The van der Waals surface area contributed by atoms with Gasteiger partial charge in [0.25, 0.3) is 0 Å². The van der Waals surface area contributed by atoms with Crippen LogP contribution < -0.4 is 20.5 Å². The predicted octanol–water partition coefficient (Wildman–Crippen LogP) is 0.836. The Morgan fingerprint density at radius 1 is 1.52 bits per heavy atom. The highest BCUT2D eigenvalue weighted by Crippen LogP contribution is 2.31. The molecule has 1 unspecified atom stereocenters. The Bertz CT molecular complexity index is 507. The first-order valence-electron chi connectivity index (χ1n) is 6.47. The summed E-state index contributed by atoms with van der Waals surface area (Å²) in [7, 11) is 1.41. The van der Waals surface area contributed by atoms with Crippen LogP contribution in [0.15, 0.2) is 18.2 Å². The Balaban J connectivity index is 2.81. The Morgan fingerprint density at radius 2 is 2.24 bits per heavy atom. The van der Waals surface area contributed by atoms with Gasteiger partial charge in [-0.25, -0.2) is 0 Å². The first-order valence-corrected chi connectivity index (χ1v) is 6.47. The number of amides is 1. The molecule has 21 heavy (non-hydrogen) atoms. The van der Waals surface area contributed by atoms with Crippen LogP contribution in [0.5, 0.6) is 11.5 Å². The molecule has 3 N–H and O–H groups in total. The standard InChI is InChI=1S/C13H19N3O5/c1-3-6-15-10(13(14)17)8-21-12-5-4-9(20-2)7-11(12)16(18)19/h4-5,7,10,15H,3,6,8H2,1-2H3,(H2,14,17). The molecule has 0 fully saturated rings. The van der Waals surface area contributed by atoms with Crippen LogP contribution in [-0.2, 0) is 4.79 Å². The lowest BCUT2D eigenvalue weighted by atomic mass is 10.2. The van der Waals surface area contributed by atoms with Crippen LogP contribution in [0.1, 0.15) is 13.3 Å². The molecule has 8 heteroatoms. The number of rotatable bonds is 9. The van der Waals surface area contributed by atoms with Crippen LogP contribution in [0, 0.1) is 10.1 Å². The average Bonchev–Trinajstić information content (AvgIpc) is 2.46. The maximum absolute atomic E-state index is 11.3. The van der Waals surface area contributed by atoms with Gasteiger partial charge in [-0.15, -0.1) is 0 Å². The van der Waals surface area contributed by atoms with Gasteiger partial charge >= 0.3 is 5.69 Å². The van der Waals surface area contributed by atoms with Crippen LogP contribution >= 0.6 is 0 Å². The van der Waals surface area contributed by atoms with Gasteiger partial charge in [0.2, 0.25) is 5.91 Å². The van der Waals surface area contributed by atoms with E-state index < -0.39 is 16.9 Å². The number of nitrogens with one attached hydrogen (secondary N) is 1. The number of methoxy groups -OCH3 is 1. The molecule has 8 nitrogen and oxygen atoms in total. The fourth-order valence-corrected chi connectivity index (χ4v) is 1.62. The molecule has 0 saturated heterocycles. The lowest BCUT2D eigenvalue weighted by Gasteiger charge is -2.16. The highest BCUT2D eigenvalue weighted by Gasteiger charge is 2.20. The monoisotopic (exact) mass is 297 g/mol. The molecule has 0 radical (unpaired) electrons. The first-order chi connectivity index (χ1) is 9.99. The highest BCUT2D eigenvalue weighted by molar-refractivity contribution is 5.80. The van der Waals surface area contributed by atoms with Crippen molar-refractivity contribution in [2.45, 2.75) is 19.4 Å². The number of nitrogens with zero attached hydrogens (tertiary/aromatic N) is 1. The number of hydrogen-bond acceptors (Lipinski definition) is 6. The molecule has 0 heterocycles. The normalized spacial score (nSPS) is 11.7. The van der Waals surface area contributed by atoms with Gasteiger partial charge in [0, 0.05) is 0 Å². The van der Waals surface area contributed by atoms with Crippen LogP contribution in [0.2, 0.25) is 0 Å². The van der Waals surface area contributed by atoms with E-state index in [4.69, 9.17) is 15.2 Å². The van der Waals surface area contributed by atoms with Crippen molar-refractivity contribution in [3.05, 3.63) is 28.3 Å². The molecule has 1 atom stereocenters. The summed E-state index contributed by atoms with van der Waals surface area (Å²) in [6, 6.07) is 3.52. The van der Waals surface area contributed by atoms with Gasteiger partial charge in [-0.2, -0.15) is 0 Å². The first kappa shape index (κ1) is 16.7. The highest BCUT2D eigenvalue weighted by atomic mass is 16.6. The molecule has 0 saturated carbocycles. The third kappa shape index (κ3) is 4.92. The number of nitro benzene ring substituents is 1. The van der Waals surface area contributed by atoms with Crippen molar-refractivity contribution in [2.75, 3.05) is 20.3 Å². The summed E-state index contributed by atoms with van der Waals surface area (Å²) in [6.45, 7) is 2.46. The second kappa shape index (κ2) is 8.05. The topological polar surface area (TPSA) is 117 Å². The maximum atomic E-state index is 11.3. The number of hydrogen-bond donors (Lipinski definition) is 2. The van der Waals surface area contributed by atoms with Gasteiger partial charge in [0.05, 0.1) is 18.1 Å². The quantitative estimate of drug-likeness (QED) is 0.515. The Hall–Kier alpha value is -2.35. The number of carbonyl (C=O) groups excluding carboxylic acids is 1. The summed E-state index contributed by atoms with van der Waals surface area (Å²) in [5.74, 6) is -0.158. The SMILES string of the molecule is CCCNC(COc1ccc(OC)cc1[N+](=O)[O-])C(N)=O. The minimum Gasteiger partial charge on any atom is -0.496 e. The minimum absolute atomic E-state index is 0.0605. The number of nitro groups is 1. The third-order valence-electron chi connectivity index (χ3n) is 2.75. The van der Waals surface area contributed by atoms with Crippen molar-refractivity contribution in [1.29, 1.82) is 0 Å². The molecular weight excluding hydrogens is 278 g/mol. The summed E-state index contributed by atoms with van der Waals surface area (Å²) in [6.07, 6.45) is 0.826. The van der Waals surface area contributed by atoms with E-state index in [0.29, 0.717) is 12.3 Å². The molecular formula is C13H19N3O5. The Kier molecular flexibility index (Phi) is 6.41. The molecule has 116 valence electrons. The van der Waals surface area contributed by atoms with Crippen LogP contribution in [-0.4, -0.2) is 37.1 Å². The van der Waals surface area contributed by atoms with Crippen LogP contribution in [0.3, 0.4) is 0 Å². The summed E-state index contributed by atoms with van der Waals surface area (Å²) in [5, 5.41) is 13.9. The van der Waals surface area contributed by atoms with Gasteiger partial charge in [0.1, 0.15) is 18.4 Å². The van der Waals surface area contributed by atoms with Crippen molar-refractivity contribution in [3.63, 3.8) is 0 Å². The molecule has 0 aliphatic heterocycles. The molecule has 0 spiro atoms. The molecule has 0 bridgehead atoms. The largest absolute Gasteiger partial charge is 0.496 e. The van der Waals surface area contributed by atoms with E-state index in [-0.39, 0.29) is 18.0 Å². The molecule has 0 aliphatic rings. The summed E-state index contributed by atoms with van der Waals surface area (Å²) in [4.78, 5) is 21.7. The predicted molar refractivity (Wildman–Crippen MR) is 76.4 cm³/mol. The molecule has 1 rings (SSSR count). The second-order valence-corrected chi connectivity index (χ2v) is 4.31.